The molecule has 0 bridgehead atoms. The molecule has 0 saturated carbocycles. The van der Waals surface area contributed by atoms with E-state index in [1.165, 1.54) is 5.56 Å². The fourth-order valence-electron chi connectivity index (χ4n) is 2.30. The minimum Gasteiger partial charge on any atom is -0.496 e. The van der Waals surface area contributed by atoms with Gasteiger partial charge in [0.1, 0.15) is 5.75 Å². The Kier molecular flexibility index (Phi) is 10.3. The van der Waals surface area contributed by atoms with Gasteiger partial charge in [0.25, 0.3) is 0 Å². The SMILES string of the molecule is CCNC(=NCc1csc(N(C)C)n1)NCCc1ccccc1OC.I. The van der Waals surface area contributed by atoms with Crippen molar-refractivity contribution in [2.24, 2.45) is 4.99 Å². The molecule has 26 heavy (non-hydrogen) atoms. The van der Waals surface area contributed by atoms with E-state index in [4.69, 9.17) is 4.74 Å². The molecule has 6 nitrogen and oxygen atoms in total. The first kappa shape index (κ1) is 22.5. The number of aromatic nitrogens is 1. The second-order valence-corrected chi connectivity index (χ2v) is 6.54. The van der Waals surface area contributed by atoms with E-state index in [2.05, 4.69) is 39.0 Å². The Hall–Kier alpha value is -1.55. The summed E-state index contributed by atoms with van der Waals surface area (Å²) in [5.41, 5.74) is 2.17. The van der Waals surface area contributed by atoms with Crippen LogP contribution in [0.15, 0.2) is 34.6 Å². The first-order chi connectivity index (χ1) is 12.1. The lowest BCUT2D eigenvalue weighted by molar-refractivity contribution is 0.409. The fraction of sp³-hybridized carbons (Fsp3) is 0.444. The van der Waals surface area contributed by atoms with Crippen LogP contribution in [0.3, 0.4) is 0 Å². The normalized spacial score (nSPS) is 10.8. The monoisotopic (exact) mass is 489 g/mol. The van der Waals surface area contributed by atoms with Gasteiger partial charge in [-0.05, 0) is 25.0 Å². The van der Waals surface area contributed by atoms with Crippen molar-refractivity contribution in [2.75, 3.05) is 39.2 Å². The zero-order chi connectivity index (χ0) is 18.1. The number of thiazole rings is 1. The van der Waals surface area contributed by atoms with Crippen molar-refractivity contribution in [3.05, 3.63) is 40.9 Å². The van der Waals surface area contributed by atoms with Crippen LogP contribution in [0.4, 0.5) is 5.13 Å². The Balaban J connectivity index is 0.00000338. The number of nitrogens with one attached hydrogen (secondary N) is 2. The van der Waals surface area contributed by atoms with Crippen LogP contribution in [0.2, 0.25) is 0 Å². The summed E-state index contributed by atoms with van der Waals surface area (Å²) in [6, 6.07) is 8.08. The van der Waals surface area contributed by atoms with Gasteiger partial charge in [0.05, 0.1) is 19.3 Å². The maximum absolute atomic E-state index is 5.39. The number of guanidine groups is 1. The molecule has 8 heteroatoms. The molecular formula is C18H28IN5OS. The van der Waals surface area contributed by atoms with Gasteiger partial charge in [0.2, 0.25) is 0 Å². The molecule has 0 atom stereocenters. The molecular weight excluding hydrogens is 461 g/mol. The highest BCUT2D eigenvalue weighted by molar-refractivity contribution is 14.0. The second-order valence-electron chi connectivity index (χ2n) is 5.70. The number of nitrogens with zero attached hydrogens (tertiary/aromatic N) is 3. The number of anilines is 1. The molecule has 0 amide bonds. The van der Waals surface area contributed by atoms with E-state index >= 15 is 0 Å². The number of hydrogen-bond donors (Lipinski definition) is 2. The van der Waals surface area contributed by atoms with Gasteiger partial charge in [-0.15, -0.1) is 35.3 Å². The Morgan fingerprint density at radius 1 is 1.27 bits per heavy atom. The molecule has 2 aromatic rings. The van der Waals surface area contributed by atoms with Gasteiger partial charge < -0.3 is 20.3 Å². The summed E-state index contributed by atoms with van der Waals surface area (Å²) >= 11 is 1.63. The van der Waals surface area contributed by atoms with E-state index in [-0.39, 0.29) is 24.0 Å². The third-order valence-electron chi connectivity index (χ3n) is 3.54. The summed E-state index contributed by atoms with van der Waals surface area (Å²) < 4.78 is 5.39. The van der Waals surface area contributed by atoms with E-state index in [1.807, 2.05) is 37.2 Å². The van der Waals surface area contributed by atoms with E-state index in [1.54, 1.807) is 18.4 Å². The number of methoxy groups -OCH3 is 1. The molecule has 2 N–H and O–H groups in total. The topological polar surface area (TPSA) is 61.8 Å². The average molecular weight is 489 g/mol. The van der Waals surface area contributed by atoms with Gasteiger partial charge in [-0.1, -0.05) is 18.2 Å². The summed E-state index contributed by atoms with van der Waals surface area (Å²) in [6.07, 6.45) is 0.871. The summed E-state index contributed by atoms with van der Waals surface area (Å²) in [5.74, 6) is 1.72. The summed E-state index contributed by atoms with van der Waals surface area (Å²) in [6.45, 7) is 4.23. The molecule has 144 valence electrons. The van der Waals surface area contributed by atoms with Gasteiger partial charge >= 0.3 is 0 Å². The molecule has 2 rings (SSSR count). The highest BCUT2D eigenvalue weighted by Crippen LogP contribution is 2.18. The highest BCUT2D eigenvalue weighted by Gasteiger charge is 2.05. The molecule has 0 saturated heterocycles. The number of rotatable bonds is 8. The van der Waals surface area contributed by atoms with Gasteiger partial charge in [-0.25, -0.2) is 9.98 Å². The van der Waals surface area contributed by atoms with Crippen molar-refractivity contribution in [1.82, 2.24) is 15.6 Å². The minimum absolute atomic E-state index is 0. The van der Waals surface area contributed by atoms with Gasteiger partial charge in [-0.2, -0.15) is 0 Å². The maximum Gasteiger partial charge on any atom is 0.191 e. The van der Waals surface area contributed by atoms with Crippen LogP contribution >= 0.6 is 35.3 Å². The smallest absolute Gasteiger partial charge is 0.191 e. The minimum atomic E-state index is 0. The number of halogens is 1. The van der Waals surface area contributed by atoms with Crippen molar-refractivity contribution in [1.29, 1.82) is 0 Å². The van der Waals surface area contributed by atoms with Crippen LogP contribution in [0.25, 0.3) is 0 Å². The molecule has 1 heterocycles. The molecule has 0 radical (unpaired) electrons. The van der Waals surface area contributed by atoms with Crippen molar-refractivity contribution in [3.8, 4) is 5.75 Å². The molecule has 0 aliphatic rings. The van der Waals surface area contributed by atoms with E-state index in [0.717, 1.165) is 42.0 Å². The lowest BCUT2D eigenvalue weighted by atomic mass is 10.1. The first-order valence-electron chi connectivity index (χ1n) is 8.39. The van der Waals surface area contributed by atoms with Crippen LogP contribution in [0, 0.1) is 0 Å². The van der Waals surface area contributed by atoms with Crippen molar-refractivity contribution in [3.63, 3.8) is 0 Å². The van der Waals surface area contributed by atoms with Crippen LogP contribution < -0.4 is 20.3 Å². The molecule has 0 fully saturated rings. The molecule has 0 spiro atoms. The van der Waals surface area contributed by atoms with Gasteiger partial charge in [0, 0.05) is 32.6 Å². The van der Waals surface area contributed by atoms with Crippen molar-refractivity contribution < 1.29 is 4.74 Å². The molecule has 0 aliphatic heterocycles. The van der Waals surface area contributed by atoms with Gasteiger partial charge in [0.15, 0.2) is 11.1 Å². The number of hydrogen-bond acceptors (Lipinski definition) is 5. The summed E-state index contributed by atoms with van der Waals surface area (Å²) in [4.78, 5) is 11.2. The number of ether oxygens (including phenoxy) is 1. The predicted octanol–water partition coefficient (Wildman–Crippen LogP) is 3.13. The molecule has 1 aromatic carbocycles. The zero-order valence-corrected chi connectivity index (χ0v) is 18.9. The number of para-hydroxylation sites is 1. The van der Waals surface area contributed by atoms with Crippen LogP contribution in [-0.2, 0) is 13.0 Å². The predicted molar refractivity (Wildman–Crippen MR) is 121 cm³/mol. The van der Waals surface area contributed by atoms with Crippen molar-refractivity contribution in [2.45, 2.75) is 19.9 Å². The Labute approximate surface area is 177 Å². The van der Waals surface area contributed by atoms with E-state index in [0.29, 0.717) is 6.54 Å². The van der Waals surface area contributed by atoms with Crippen LogP contribution in [0.1, 0.15) is 18.2 Å². The quantitative estimate of drug-likeness (QED) is 0.339. The van der Waals surface area contributed by atoms with Crippen molar-refractivity contribution >= 4 is 46.4 Å². The third kappa shape index (κ3) is 6.99. The lowest BCUT2D eigenvalue weighted by Crippen LogP contribution is -2.38. The lowest BCUT2D eigenvalue weighted by Gasteiger charge is -2.12. The molecule has 0 unspecified atom stereocenters. The molecule has 1 aromatic heterocycles. The van der Waals surface area contributed by atoms with Crippen LogP contribution in [-0.4, -0.2) is 45.2 Å². The van der Waals surface area contributed by atoms with E-state index < -0.39 is 0 Å². The van der Waals surface area contributed by atoms with E-state index in [9.17, 15) is 0 Å². The Bertz CT molecular complexity index is 690. The number of benzene rings is 1. The maximum atomic E-state index is 5.39. The number of aliphatic imine (C=N–C) groups is 1. The Morgan fingerprint density at radius 2 is 2.04 bits per heavy atom. The molecule has 0 aliphatic carbocycles. The first-order valence-corrected chi connectivity index (χ1v) is 9.27. The second kappa shape index (κ2) is 11.9. The summed E-state index contributed by atoms with van der Waals surface area (Å²) in [7, 11) is 5.69. The van der Waals surface area contributed by atoms with Crippen LogP contribution in [0.5, 0.6) is 5.75 Å². The highest BCUT2D eigenvalue weighted by atomic mass is 127. The largest absolute Gasteiger partial charge is 0.496 e. The zero-order valence-electron chi connectivity index (χ0n) is 15.8. The standard InChI is InChI=1S/C18H27N5OS.HI/c1-5-19-17(21-12-15-13-25-18(22-15)23(2)3)20-11-10-14-8-6-7-9-16(14)24-4;/h6-9,13H,5,10-12H2,1-4H3,(H2,19,20,21);1H. The van der Waals surface area contributed by atoms with Gasteiger partial charge in [-0.3, -0.25) is 0 Å². The average Bonchev–Trinajstić information content (AvgIpc) is 3.09. The fourth-order valence-corrected chi connectivity index (χ4v) is 3.05. The Morgan fingerprint density at radius 3 is 2.69 bits per heavy atom. The third-order valence-corrected chi connectivity index (χ3v) is 4.60. The summed E-state index contributed by atoms with van der Waals surface area (Å²) in [5, 5.41) is 9.69.